The zero-order chi connectivity index (χ0) is 16.8. The maximum absolute atomic E-state index is 13.0. The molecule has 2 unspecified atom stereocenters. The number of methoxy groups -OCH3 is 1. The van der Waals surface area contributed by atoms with Crippen LogP contribution in [0, 0.1) is 5.92 Å². The summed E-state index contributed by atoms with van der Waals surface area (Å²) in [6.45, 7) is 6.46. The Labute approximate surface area is 144 Å². The SMILES string of the molecule is C=CC[C@H]1CCC(c2ccc(Cl)cc2)N(C(CC)COC)C1=O. The lowest BCUT2D eigenvalue weighted by atomic mass is 9.85. The number of carbonyl (C=O) groups is 1. The molecule has 1 amide bonds. The van der Waals surface area contributed by atoms with Gasteiger partial charge in [-0.25, -0.2) is 0 Å². The highest BCUT2D eigenvalue weighted by atomic mass is 35.5. The molecule has 2 rings (SSSR count). The van der Waals surface area contributed by atoms with E-state index in [0.717, 1.165) is 36.3 Å². The number of piperidine rings is 1. The molecule has 23 heavy (non-hydrogen) atoms. The van der Waals surface area contributed by atoms with E-state index in [9.17, 15) is 4.79 Å². The van der Waals surface area contributed by atoms with Crippen LogP contribution in [-0.4, -0.2) is 30.6 Å². The fourth-order valence-corrected chi connectivity index (χ4v) is 3.57. The number of nitrogens with zero attached hydrogens (tertiary/aromatic N) is 1. The average Bonchev–Trinajstić information content (AvgIpc) is 2.56. The molecule has 0 aromatic heterocycles. The first-order valence-electron chi connectivity index (χ1n) is 8.29. The molecule has 4 heteroatoms. The van der Waals surface area contributed by atoms with Crippen LogP contribution in [-0.2, 0) is 9.53 Å². The molecule has 0 bridgehead atoms. The molecule has 0 aliphatic carbocycles. The van der Waals surface area contributed by atoms with Crippen LogP contribution in [0.4, 0.5) is 0 Å². The van der Waals surface area contributed by atoms with Gasteiger partial charge in [0.2, 0.25) is 5.91 Å². The number of hydrogen-bond acceptors (Lipinski definition) is 2. The summed E-state index contributed by atoms with van der Waals surface area (Å²) in [6, 6.07) is 8.04. The average molecular weight is 336 g/mol. The number of halogens is 1. The number of benzene rings is 1. The summed E-state index contributed by atoms with van der Waals surface area (Å²) in [5.41, 5.74) is 1.15. The highest BCUT2D eigenvalue weighted by Gasteiger charge is 2.38. The van der Waals surface area contributed by atoms with Crippen LogP contribution in [0.15, 0.2) is 36.9 Å². The van der Waals surface area contributed by atoms with Crippen LogP contribution >= 0.6 is 11.6 Å². The summed E-state index contributed by atoms with van der Waals surface area (Å²) < 4.78 is 5.36. The van der Waals surface area contributed by atoms with Crippen molar-refractivity contribution in [3.05, 3.63) is 47.5 Å². The van der Waals surface area contributed by atoms with E-state index >= 15 is 0 Å². The molecule has 1 aliphatic heterocycles. The van der Waals surface area contributed by atoms with E-state index in [1.54, 1.807) is 7.11 Å². The van der Waals surface area contributed by atoms with Gasteiger partial charge in [-0.2, -0.15) is 0 Å². The number of amides is 1. The van der Waals surface area contributed by atoms with Gasteiger partial charge in [0.25, 0.3) is 0 Å². The standard InChI is InChI=1S/C19H26ClNO2/c1-4-6-15-9-12-18(14-7-10-16(20)11-8-14)21(19(15)22)17(5-2)13-23-3/h4,7-8,10-11,15,17-18H,1,5-6,9,12-13H2,2-3H3/t15-,17?,18?/m0/s1. The number of rotatable bonds is 7. The Kier molecular flexibility index (Phi) is 6.67. The van der Waals surface area contributed by atoms with E-state index in [4.69, 9.17) is 16.3 Å². The predicted octanol–water partition coefficient (Wildman–Crippen LogP) is 4.62. The molecule has 1 aliphatic rings. The van der Waals surface area contributed by atoms with Crippen LogP contribution in [0.3, 0.4) is 0 Å². The lowest BCUT2D eigenvalue weighted by molar-refractivity contribution is -0.147. The van der Waals surface area contributed by atoms with Gasteiger partial charge in [0.15, 0.2) is 0 Å². The van der Waals surface area contributed by atoms with Crippen LogP contribution in [0.1, 0.15) is 44.2 Å². The van der Waals surface area contributed by atoms with Crippen LogP contribution in [0.25, 0.3) is 0 Å². The number of hydrogen-bond donors (Lipinski definition) is 0. The maximum atomic E-state index is 13.0. The second kappa shape index (κ2) is 8.51. The quantitative estimate of drug-likeness (QED) is 0.680. The van der Waals surface area contributed by atoms with Crippen molar-refractivity contribution in [1.29, 1.82) is 0 Å². The third kappa shape index (κ3) is 4.15. The van der Waals surface area contributed by atoms with Gasteiger partial charge >= 0.3 is 0 Å². The first kappa shape index (κ1) is 18.0. The van der Waals surface area contributed by atoms with Crippen molar-refractivity contribution >= 4 is 17.5 Å². The fraction of sp³-hybridized carbons (Fsp3) is 0.526. The Morgan fingerprint density at radius 2 is 2.09 bits per heavy atom. The molecule has 0 radical (unpaired) electrons. The minimum absolute atomic E-state index is 0.0435. The van der Waals surface area contributed by atoms with Gasteiger partial charge in [0, 0.05) is 18.1 Å². The largest absolute Gasteiger partial charge is 0.383 e. The van der Waals surface area contributed by atoms with Crippen LogP contribution in [0.2, 0.25) is 5.02 Å². The summed E-state index contributed by atoms with van der Waals surface area (Å²) in [5, 5.41) is 0.718. The van der Waals surface area contributed by atoms with Crippen molar-refractivity contribution < 1.29 is 9.53 Å². The fourth-order valence-electron chi connectivity index (χ4n) is 3.44. The smallest absolute Gasteiger partial charge is 0.226 e. The van der Waals surface area contributed by atoms with E-state index < -0.39 is 0 Å². The van der Waals surface area contributed by atoms with E-state index in [1.165, 1.54) is 0 Å². The van der Waals surface area contributed by atoms with Crippen LogP contribution < -0.4 is 0 Å². The molecule has 0 saturated carbocycles. The molecule has 0 spiro atoms. The van der Waals surface area contributed by atoms with Gasteiger partial charge < -0.3 is 9.64 Å². The summed E-state index contributed by atoms with van der Waals surface area (Å²) in [7, 11) is 1.69. The molecule has 1 heterocycles. The second-order valence-corrected chi connectivity index (χ2v) is 6.57. The summed E-state index contributed by atoms with van der Waals surface area (Å²) >= 11 is 6.01. The van der Waals surface area contributed by atoms with Crippen molar-refractivity contribution in [1.82, 2.24) is 4.90 Å². The highest BCUT2D eigenvalue weighted by molar-refractivity contribution is 6.30. The Balaban J connectivity index is 2.32. The highest BCUT2D eigenvalue weighted by Crippen LogP contribution is 2.38. The molecule has 1 aromatic carbocycles. The number of allylic oxidation sites excluding steroid dienone is 1. The zero-order valence-corrected chi connectivity index (χ0v) is 14.8. The molecule has 3 nitrogen and oxygen atoms in total. The van der Waals surface area contributed by atoms with Gasteiger partial charge in [-0.15, -0.1) is 6.58 Å². The molecule has 1 aromatic rings. The first-order valence-corrected chi connectivity index (χ1v) is 8.67. The van der Waals surface area contributed by atoms with Gasteiger partial charge in [-0.3, -0.25) is 4.79 Å². The molecular formula is C19H26ClNO2. The van der Waals surface area contributed by atoms with Crippen LogP contribution in [0.5, 0.6) is 0 Å². The minimum Gasteiger partial charge on any atom is -0.383 e. The van der Waals surface area contributed by atoms with Gasteiger partial charge in [-0.05, 0) is 43.4 Å². The zero-order valence-electron chi connectivity index (χ0n) is 14.0. The van der Waals surface area contributed by atoms with Gasteiger partial charge in [-0.1, -0.05) is 36.7 Å². The lowest BCUT2D eigenvalue weighted by Gasteiger charge is -2.44. The topological polar surface area (TPSA) is 29.5 Å². The monoisotopic (exact) mass is 335 g/mol. The summed E-state index contributed by atoms with van der Waals surface area (Å²) in [5.74, 6) is 0.266. The second-order valence-electron chi connectivity index (χ2n) is 6.13. The van der Waals surface area contributed by atoms with Crippen molar-refractivity contribution in [3.63, 3.8) is 0 Å². The summed E-state index contributed by atoms with van der Waals surface area (Å²) in [4.78, 5) is 15.1. The molecular weight excluding hydrogens is 310 g/mol. The Hall–Kier alpha value is -1.32. The maximum Gasteiger partial charge on any atom is 0.226 e. The Morgan fingerprint density at radius 1 is 1.39 bits per heavy atom. The van der Waals surface area contributed by atoms with E-state index in [0.29, 0.717) is 6.61 Å². The summed E-state index contributed by atoms with van der Waals surface area (Å²) in [6.07, 6.45) is 5.33. The van der Waals surface area contributed by atoms with Crippen molar-refractivity contribution in [3.8, 4) is 0 Å². The molecule has 3 atom stereocenters. The Bertz CT molecular complexity index is 529. The van der Waals surface area contributed by atoms with E-state index in [2.05, 4.69) is 13.5 Å². The van der Waals surface area contributed by atoms with Gasteiger partial charge in [0.05, 0.1) is 18.7 Å². The molecule has 1 saturated heterocycles. The number of ether oxygens (including phenoxy) is 1. The number of carbonyl (C=O) groups excluding carboxylic acids is 1. The van der Waals surface area contributed by atoms with Gasteiger partial charge in [0.1, 0.15) is 0 Å². The van der Waals surface area contributed by atoms with Crippen molar-refractivity contribution in [2.24, 2.45) is 5.92 Å². The first-order chi connectivity index (χ1) is 11.1. The number of likely N-dealkylation sites (tertiary alicyclic amines) is 1. The normalized spacial score (nSPS) is 22.9. The van der Waals surface area contributed by atoms with E-state index in [-0.39, 0.29) is 23.9 Å². The molecule has 126 valence electrons. The van der Waals surface area contributed by atoms with Crippen molar-refractivity contribution in [2.75, 3.05) is 13.7 Å². The third-order valence-electron chi connectivity index (χ3n) is 4.66. The van der Waals surface area contributed by atoms with Crippen molar-refractivity contribution in [2.45, 2.75) is 44.7 Å². The van der Waals surface area contributed by atoms with E-state index in [1.807, 2.05) is 35.2 Å². The lowest BCUT2D eigenvalue weighted by Crippen LogP contribution is -2.50. The molecule has 0 N–H and O–H groups in total. The third-order valence-corrected chi connectivity index (χ3v) is 4.91. The minimum atomic E-state index is 0.0435. The Morgan fingerprint density at radius 3 is 2.65 bits per heavy atom. The molecule has 1 fully saturated rings. The predicted molar refractivity (Wildman–Crippen MR) is 94.5 cm³/mol.